The van der Waals surface area contributed by atoms with Crippen LogP contribution >= 0.6 is 11.8 Å². The van der Waals surface area contributed by atoms with E-state index in [2.05, 4.69) is 4.98 Å². The van der Waals surface area contributed by atoms with Crippen molar-refractivity contribution in [1.29, 1.82) is 0 Å². The molecule has 0 saturated heterocycles. The van der Waals surface area contributed by atoms with Crippen LogP contribution in [0.3, 0.4) is 0 Å². The molecule has 0 amide bonds. The third kappa shape index (κ3) is 3.17. The average Bonchev–Trinajstić information content (AvgIpc) is 2.88. The number of rotatable bonds is 6. The predicted octanol–water partition coefficient (Wildman–Crippen LogP) is -0.919. The molecule has 0 radical (unpaired) electrons. The van der Waals surface area contributed by atoms with E-state index in [-0.39, 0.29) is 36.7 Å². The highest BCUT2D eigenvalue weighted by atomic mass is 32.2. The fourth-order valence-corrected chi connectivity index (χ4v) is 2.99. The predicted molar refractivity (Wildman–Crippen MR) is 84.7 cm³/mol. The van der Waals surface area contributed by atoms with Crippen LogP contribution in [0.4, 0.5) is 0 Å². The summed E-state index contributed by atoms with van der Waals surface area (Å²) in [6.07, 6.45) is 0. The van der Waals surface area contributed by atoms with E-state index < -0.39 is 17.2 Å². The first-order valence-corrected chi connectivity index (χ1v) is 7.96. The number of hydrogen-bond donors (Lipinski definition) is 1. The number of imidazole rings is 1. The summed E-state index contributed by atoms with van der Waals surface area (Å²) < 4.78 is 8.62. The van der Waals surface area contributed by atoms with E-state index in [1.807, 2.05) is 0 Å². The average molecular weight is 342 g/mol. The number of aliphatic hydroxyl groups is 1. The van der Waals surface area contributed by atoms with Crippen molar-refractivity contribution < 1.29 is 14.6 Å². The van der Waals surface area contributed by atoms with Crippen LogP contribution < -0.4 is 11.2 Å². The van der Waals surface area contributed by atoms with Gasteiger partial charge in [0.05, 0.1) is 19.0 Å². The first-order chi connectivity index (χ1) is 10.9. The van der Waals surface area contributed by atoms with Gasteiger partial charge in [-0.25, -0.2) is 9.78 Å². The van der Waals surface area contributed by atoms with Crippen molar-refractivity contribution in [1.82, 2.24) is 18.7 Å². The number of fused-ring (bicyclic) bond motifs is 1. The number of ether oxygens (including phenoxy) is 1. The van der Waals surface area contributed by atoms with Gasteiger partial charge in [-0.3, -0.25) is 18.7 Å². The molecule has 9 nitrogen and oxygen atoms in total. The van der Waals surface area contributed by atoms with E-state index in [9.17, 15) is 19.5 Å². The normalized spacial score (nSPS) is 11.1. The number of aliphatic hydroxyl groups excluding tert-OH is 1. The largest absolute Gasteiger partial charge is 0.465 e. The van der Waals surface area contributed by atoms with Crippen molar-refractivity contribution in [2.75, 3.05) is 19.0 Å². The van der Waals surface area contributed by atoms with Gasteiger partial charge < -0.3 is 14.4 Å². The SMILES string of the molecule is CCOC(=O)CSc1nc2c(c(=O)n(C)c(=O)n2C)n1CCO. The van der Waals surface area contributed by atoms with Gasteiger partial charge in [-0.15, -0.1) is 0 Å². The topological polar surface area (TPSA) is 108 Å². The first-order valence-electron chi connectivity index (χ1n) is 6.97. The Kier molecular flexibility index (Phi) is 5.26. The van der Waals surface area contributed by atoms with Crippen LogP contribution in [0.15, 0.2) is 14.7 Å². The molecule has 2 aromatic heterocycles. The van der Waals surface area contributed by atoms with Gasteiger partial charge in [0.15, 0.2) is 16.3 Å². The van der Waals surface area contributed by atoms with E-state index in [1.165, 1.54) is 23.2 Å². The molecule has 0 saturated carbocycles. The zero-order chi connectivity index (χ0) is 17.1. The molecule has 0 aliphatic carbocycles. The third-order valence-electron chi connectivity index (χ3n) is 3.26. The molecule has 0 aliphatic heterocycles. The minimum atomic E-state index is -0.493. The molecule has 0 spiro atoms. The zero-order valence-electron chi connectivity index (χ0n) is 13.1. The minimum absolute atomic E-state index is 0.0247. The van der Waals surface area contributed by atoms with Crippen LogP contribution in [0.5, 0.6) is 0 Å². The van der Waals surface area contributed by atoms with Gasteiger partial charge >= 0.3 is 11.7 Å². The van der Waals surface area contributed by atoms with E-state index in [0.717, 1.165) is 16.3 Å². The van der Waals surface area contributed by atoms with Gasteiger partial charge in [-0.05, 0) is 6.92 Å². The highest BCUT2D eigenvalue weighted by Gasteiger charge is 2.19. The van der Waals surface area contributed by atoms with E-state index in [1.54, 1.807) is 6.92 Å². The maximum absolute atomic E-state index is 12.4. The van der Waals surface area contributed by atoms with Crippen LogP contribution in [0.25, 0.3) is 11.2 Å². The highest BCUT2D eigenvalue weighted by Crippen LogP contribution is 2.21. The number of nitrogens with zero attached hydrogens (tertiary/aromatic N) is 4. The first kappa shape index (κ1) is 17.3. The van der Waals surface area contributed by atoms with Gasteiger partial charge in [-0.2, -0.15) is 0 Å². The van der Waals surface area contributed by atoms with Gasteiger partial charge in [-0.1, -0.05) is 11.8 Å². The summed E-state index contributed by atoms with van der Waals surface area (Å²) in [5, 5.41) is 9.62. The number of thioether (sulfide) groups is 1. The monoisotopic (exact) mass is 342 g/mol. The van der Waals surface area contributed by atoms with Gasteiger partial charge in [0.2, 0.25) is 0 Å². The molecular formula is C13H18N4O5S. The Balaban J connectivity index is 2.57. The Labute approximate surface area is 135 Å². The summed E-state index contributed by atoms with van der Waals surface area (Å²) in [6, 6.07) is 0. The summed E-state index contributed by atoms with van der Waals surface area (Å²) in [5.74, 6) is -0.376. The van der Waals surface area contributed by atoms with Gasteiger partial charge in [0.1, 0.15) is 0 Å². The van der Waals surface area contributed by atoms with Crippen molar-refractivity contribution in [3.63, 3.8) is 0 Å². The fourth-order valence-electron chi connectivity index (χ4n) is 2.17. The summed E-state index contributed by atoms with van der Waals surface area (Å²) in [4.78, 5) is 40.1. The summed E-state index contributed by atoms with van der Waals surface area (Å²) in [5.41, 5.74) is -0.543. The Morgan fingerprint density at radius 3 is 2.61 bits per heavy atom. The van der Waals surface area contributed by atoms with Crippen molar-refractivity contribution in [2.45, 2.75) is 18.6 Å². The summed E-state index contributed by atoms with van der Waals surface area (Å²) in [6.45, 7) is 1.92. The Bertz CT molecular complexity index is 851. The van der Waals surface area contributed by atoms with E-state index in [4.69, 9.17) is 4.74 Å². The molecule has 2 heterocycles. The van der Waals surface area contributed by atoms with E-state index in [0.29, 0.717) is 5.16 Å². The second kappa shape index (κ2) is 7.01. The van der Waals surface area contributed by atoms with E-state index >= 15 is 0 Å². The van der Waals surface area contributed by atoms with Crippen molar-refractivity contribution in [3.05, 3.63) is 20.8 Å². The molecule has 10 heteroatoms. The van der Waals surface area contributed by atoms with Crippen molar-refractivity contribution >= 4 is 28.9 Å². The molecule has 0 fully saturated rings. The molecule has 0 bridgehead atoms. The quantitative estimate of drug-likeness (QED) is 0.534. The maximum Gasteiger partial charge on any atom is 0.332 e. The number of aromatic nitrogens is 4. The number of aryl methyl sites for hydroxylation is 1. The summed E-state index contributed by atoms with van der Waals surface area (Å²) in [7, 11) is 2.89. The van der Waals surface area contributed by atoms with Crippen LogP contribution in [0, 0.1) is 0 Å². The summed E-state index contributed by atoms with van der Waals surface area (Å²) >= 11 is 1.09. The molecule has 2 aromatic rings. The van der Waals surface area contributed by atoms with Crippen LogP contribution in [0.1, 0.15) is 6.92 Å². The molecule has 0 atom stereocenters. The van der Waals surface area contributed by atoms with Crippen molar-refractivity contribution in [2.24, 2.45) is 14.1 Å². The lowest BCUT2D eigenvalue weighted by molar-refractivity contribution is -0.139. The third-order valence-corrected chi connectivity index (χ3v) is 4.21. The second-order valence-electron chi connectivity index (χ2n) is 4.74. The fraction of sp³-hybridized carbons (Fsp3) is 0.538. The van der Waals surface area contributed by atoms with Crippen molar-refractivity contribution in [3.8, 4) is 0 Å². The molecule has 0 aromatic carbocycles. The number of esters is 1. The maximum atomic E-state index is 12.4. The molecule has 23 heavy (non-hydrogen) atoms. The Hall–Kier alpha value is -2.07. The smallest absolute Gasteiger partial charge is 0.332 e. The lowest BCUT2D eigenvalue weighted by Gasteiger charge is -2.07. The van der Waals surface area contributed by atoms with Crippen LogP contribution in [-0.4, -0.2) is 48.7 Å². The minimum Gasteiger partial charge on any atom is -0.465 e. The lowest BCUT2D eigenvalue weighted by atomic mass is 10.5. The van der Waals surface area contributed by atoms with Crippen LogP contribution in [-0.2, 0) is 30.2 Å². The molecule has 0 aliphatic rings. The standard InChI is InChI=1S/C13H18N4O5S/c1-4-22-8(19)7-23-12-14-10-9(17(12)5-6-18)11(20)16(3)13(21)15(10)2/h18H,4-7H2,1-3H3. The number of hydrogen-bond acceptors (Lipinski definition) is 7. The lowest BCUT2D eigenvalue weighted by Crippen LogP contribution is -2.37. The number of carbonyl (C=O) groups is 1. The highest BCUT2D eigenvalue weighted by molar-refractivity contribution is 7.99. The molecule has 0 unspecified atom stereocenters. The molecule has 1 N–H and O–H groups in total. The molecule has 126 valence electrons. The van der Waals surface area contributed by atoms with Gasteiger partial charge in [0, 0.05) is 20.6 Å². The Morgan fingerprint density at radius 2 is 2.00 bits per heavy atom. The zero-order valence-corrected chi connectivity index (χ0v) is 13.9. The van der Waals surface area contributed by atoms with Gasteiger partial charge in [0.25, 0.3) is 5.56 Å². The van der Waals surface area contributed by atoms with Crippen LogP contribution in [0.2, 0.25) is 0 Å². The second-order valence-corrected chi connectivity index (χ2v) is 5.68. The molecule has 2 rings (SSSR count). The number of carbonyl (C=O) groups excluding carboxylic acids is 1. The molecular weight excluding hydrogens is 324 g/mol. The Morgan fingerprint density at radius 1 is 1.30 bits per heavy atom.